The summed E-state index contributed by atoms with van der Waals surface area (Å²) < 4.78 is 27.7. The second-order valence-corrected chi connectivity index (χ2v) is 10.7. The summed E-state index contributed by atoms with van der Waals surface area (Å²) in [6, 6.07) is 21.2. The van der Waals surface area contributed by atoms with Gasteiger partial charge in [0.2, 0.25) is 0 Å². The molecule has 0 spiro atoms. The van der Waals surface area contributed by atoms with Gasteiger partial charge in [-0.25, -0.2) is 8.42 Å². The number of nitrogens with one attached hydrogen (secondary N) is 1. The maximum atomic E-state index is 13.2. The van der Waals surface area contributed by atoms with Crippen molar-refractivity contribution in [3.05, 3.63) is 83.9 Å². The molecular weight excluding hydrogens is 460 g/mol. The molecule has 1 fully saturated rings. The summed E-state index contributed by atoms with van der Waals surface area (Å²) in [6.45, 7) is 8.88. The minimum Gasteiger partial charge on any atom is -0.367 e. The molecule has 0 saturated carbocycles. The van der Waals surface area contributed by atoms with Gasteiger partial charge in [-0.2, -0.15) is 0 Å². The van der Waals surface area contributed by atoms with Crippen molar-refractivity contribution in [1.82, 2.24) is 4.90 Å². The zero-order chi connectivity index (χ0) is 25.0. The Labute approximate surface area is 208 Å². The number of carbonyl (C=O) groups excluding carboxylic acids is 1. The Hall–Kier alpha value is -3.36. The maximum Gasteiger partial charge on any atom is 0.264 e. The molecule has 1 N–H and O–H groups in total. The topological polar surface area (TPSA) is 73.0 Å². The molecule has 0 aliphatic carbocycles. The number of hydrogen-bond acceptors (Lipinski definition) is 5. The van der Waals surface area contributed by atoms with E-state index in [-0.39, 0.29) is 16.4 Å². The van der Waals surface area contributed by atoms with Gasteiger partial charge in [-0.15, -0.1) is 0 Å². The van der Waals surface area contributed by atoms with Gasteiger partial charge in [0.1, 0.15) is 0 Å². The molecule has 0 bridgehead atoms. The van der Waals surface area contributed by atoms with Crippen LogP contribution in [0.25, 0.3) is 0 Å². The van der Waals surface area contributed by atoms with Crippen molar-refractivity contribution in [1.29, 1.82) is 0 Å². The quantitative estimate of drug-likeness (QED) is 0.535. The average Bonchev–Trinajstić information content (AvgIpc) is 2.89. The normalized spacial score (nSPS) is 14.5. The highest BCUT2D eigenvalue weighted by Gasteiger charge is 2.23. The standard InChI is InChI=1S/C27H32N4O3S/c1-4-30-16-18-31(19-17-30)26-11-6-5-10-25(26)28-27(32)22-8-7-9-24(20-22)35(33,34)29(3)23-14-12-21(2)13-15-23/h5-15,20H,4,16-19H2,1-3H3,(H,28,32). The number of piperazine rings is 1. The predicted octanol–water partition coefficient (Wildman–Crippen LogP) is 4.21. The molecule has 0 unspecified atom stereocenters. The monoisotopic (exact) mass is 492 g/mol. The van der Waals surface area contributed by atoms with Gasteiger partial charge in [0.05, 0.1) is 22.0 Å². The number of benzene rings is 3. The van der Waals surface area contributed by atoms with Crippen LogP contribution in [0.4, 0.5) is 17.1 Å². The van der Waals surface area contributed by atoms with E-state index in [1.807, 2.05) is 43.3 Å². The number of carbonyl (C=O) groups is 1. The first kappa shape index (κ1) is 24.8. The van der Waals surface area contributed by atoms with Crippen LogP contribution in [0.3, 0.4) is 0 Å². The zero-order valence-corrected chi connectivity index (χ0v) is 21.3. The van der Waals surface area contributed by atoms with Gasteiger partial charge >= 0.3 is 0 Å². The molecule has 4 rings (SSSR count). The first-order valence-electron chi connectivity index (χ1n) is 11.8. The van der Waals surface area contributed by atoms with E-state index in [0.717, 1.165) is 44.0 Å². The van der Waals surface area contributed by atoms with Crippen LogP contribution >= 0.6 is 0 Å². The zero-order valence-electron chi connectivity index (χ0n) is 20.4. The Morgan fingerprint density at radius 1 is 0.943 bits per heavy atom. The van der Waals surface area contributed by atoms with E-state index in [2.05, 4.69) is 22.0 Å². The van der Waals surface area contributed by atoms with E-state index < -0.39 is 10.0 Å². The van der Waals surface area contributed by atoms with Crippen LogP contribution in [0.2, 0.25) is 0 Å². The molecule has 184 valence electrons. The summed E-state index contributed by atoms with van der Waals surface area (Å²) in [7, 11) is -2.31. The number of rotatable bonds is 7. The van der Waals surface area contributed by atoms with Crippen LogP contribution in [-0.2, 0) is 10.0 Å². The summed E-state index contributed by atoms with van der Waals surface area (Å²) in [6.07, 6.45) is 0. The van der Waals surface area contributed by atoms with Gasteiger partial charge in [0.15, 0.2) is 0 Å². The van der Waals surface area contributed by atoms with Crippen LogP contribution in [-0.4, -0.2) is 59.0 Å². The lowest BCUT2D eigenvalue weighted by molar-refractivity contribution is 0.102. The van der Waals surface area contributed by atoms with Crippen molar-refractivity contribution in [3.63, 3.8) is 0 Å². The molecule has 0 radical (unpaired) electrons. The first-order valence-corrected chi connectivity index (χ1v) is 13.3. The van der Waals surface area contributed by atoms with Gasteiger partial charge in [-0.05, 0) is 55.9 Å². The lowest BCUT2D eigenvalue weighted by Crippen LogP contribution is -2.46. The van der Waals surface area contributed by atoms with Crippen LogP contribution in [0.5, 0.6) is 0 Å². The third-order valence-electron chi connectivity index (χ3n) is 6.46. The van der Waals surface area contributed by atoms with E-state index in [1.165, 1.54) is 23.5 Å². The van der Waals surface area contributed by atoms with Crippen molar-refractivity contribution >= 4 is 33.0 Å². The fraction of sp³-hybridized carbons (Fsp3) is 0.296. The number of amides is 1. The highest BCUT2D eigenvalue weighted by atomic mass is 32.2. The summed E-state index contributed by atoms with van der Waals surface area (Å²) >= 11 is 0. The third-order valence-corrected chi connectivity index (χ3v) is 8.25. The number of anilines is 3. The van der Waals surface area contributed by atoms with Crippen LogP contribution in [0.15, 0.2) is 77.7 Å². The molecule has 35 heavy (non-hydrogen) atoms. The first-order chi connectivity index (χ1) is 16.8. The van der Waals surface area contributed by atoms with Crippen LogP contribution < -0.4 is 14.5 Å². The van der Waals surface area contributed by atoms with Crippen LogP contribution in [0, 0.1) is 6.92 Å². The Morgan fingerprint density at radius 3 is 2.31 bits per heavy atom. The largest absolute Gasteiger partial charge is 0.367 e. The molecule has 1 aliphatic rings. The Kier molecular flexibility index (Phi) is 7.42. The van der Waals surface area contributed by atoms with Gasteiger partial charge in [0.25, 0.3) is 15.9 Å². The fourth-order valence-electron chi connectivity index (χ4n) is 4.20. The molecule has 1 aliphatic heterocycles. The highest BCUT2D eigenvalue weighted by molar-refractivity contribution is 7.92. The van der Waals surface area contributed by atoms with Crippen molar-refractivity contribution in [2.75, 3.05) is 54.3 Å². The molecule has 1 saturated heterocycles. The van der Waals surface area contributed by atoms with Crippen molar-refractivity contribution in [2.24, 2.45) is 0 Å². The number of nitrogens with zero attached hydrogens (tertiary/aromatic N) is 3. The number of aryl methyl sites for hydroxylation is 1. The molecule has 3 aromatic carbocycles. The van der Waals surface area contributed by atoms with Gasteiger partial charge in [-0.3, -0.25) is 9.10 Å². The summed E-state index contributed by atoms with van der Waals surface area (Å²) in [5, 5.41) is 2.99. The van der Waals surface area contributed by atoms with E-state index >= 15 is 0 Å². The number of likely N-dealkylation sites (N-methyl/N-ethyl adjacent to an activating group) is 1. The highest BCUT2D eigenvalue weighted by Crippen LogP contribution is 2.28. The van der Waals surface area contributed by atoms with E-state index in [0.29, 0.717) is 11.4 Å². The predicted molar refractivity (Wildman–Crippen MR) is 142 cm³/mol. The van der Waals surface area contributed by atoms with Gasteiger partial charge in [-0.1, -0.05) is 42.8 Å². The summed E-state index contributed by atoms with van der Waals surface area (Å²) in [5.41, 5.74) is 3.58. The minimum atomic E-state index is -3.83. The SMILES string of the molecule is CCN1CCN(c2ccccc2NC(=O)c2cccc(S(=O)(=O)N(C)c3ccc(C)cc3)c2)CC1. The Morgan fingerprint density at radius 2 is 1.63 bits per heavy atom. The smallest absolute Gasteiger partial charge is 0.264 e. The third kappa shape index (κ3) is 5.49. The van der Waals surface area contributed by atoms with E-state index in [4.69, 9.17) is 0 Å². The molecular formula is C27H32N4O3S. The molecule has 0 atom stereocenters. The minimum absolute atomic E-state index is 0.0668. The molecule has 7 nitrogen and oxygen atoms in total. The molecule has 1 heterocycles. The summed E-state index contributed by atoms with van der Waals surface area (Å²) in [4.78, 5) is 17.9. The average molecular weight is 493 g/mol. The van der Waals surface area contributed by atoms with Crippen molar-refractivity contribution in [3.8, 4) is 0 Å². The summed E-state index contributed by atoms with van der Waals surface area (Å²) in [5.74, 6) is -0.348. The molecule has 0 aromatic heterocycles. The van der Waals surface area contributed by atoms with Gasteiger partial charge in [0, 0.05) is 38.8 Å². The number of para-hydroxylation sites is 2. The van der Waals surface area contributed by atoms with Crippen molar-refractivity contribution < 1.29 is 13.2 Å². The molecule has 8 heteroatoms. The van der Waals surface area contributed by atoms with Gasteiger partial charge < -0.3 is 15.1 Å². The van der Waals surface area contributed by atoms with E-state index in [1.54, 1.807) is 24.3 Å². The molecule has 3 aromatic rings. The number of hydrogen-bond donors (Lipinski definition) is 1. The maximum absolute atomic E-state index is 13.2. The molecule has 1 amide bonds. The lowest BCUT2D eigenvalue weighted by Gasteiger charge is -2.36. The fourth-order valence-corrected chi connectivity index (χ4v) is 5.45. The van der Waals surface area contributed by atoms with Crippen LogP contribution in [0.1, 0.15) is 22.8 Å². The Balaban J connectivity index is 1.54. The second-order valence-electron chi connectivity index (χ2n) is 8.73. The Bertz CT molecular complexity index is 1280. The number of sulfonamides is 1. The lowest BCUT2D eigenvalue weighted by atomic mass is 10.1. The van der Waals surface area contributed by atoms with E-state index in [9.17, 15) is 13.2 Å². The second kappa shape index (κ2) is 10.5. The van der Waals surface area contributed by atoms with Crippen molar-refractivity contribution in [2.45, 2.75) is 18.7 Å².